The number of hydrogen-bond acceptors (Lipinski definition) is 1. The molecule has 0 amide bonds. The zero-order valence-electron chi connectivity index (χ0n) is 9.37. The van der Waals surface area contributed by atoms with E-state index in [-0.39, 0.29) is 12.4 Å². The van der Waals surface area contributed by atoms with Crippen molar-refractivity contribution in [2.75, 3.05) is 13.1 Å². The number of rotatable bonds is 2. The maximum absolute atomic E-state index is 2.77. The molecule has 2 atom stereocenters. The monoisotopic (exact) mass is 217 g/mol. The van der Waals surface area contributed by atoms with Gasteiger partial charge in [-0.2, -0.15) is 0 Å². The Morgan fingerprint density at radius 2 is 1.79 bits per heavy atom. The Balaban J connectivity index is 0.000000980. The molecule has 0 radical (unpaired) electrons. The first kappa shape index (κ1) is 12.3. The minimum absolute atomic E-state index is 0. The van der Waals surface area contributed by atoms with Crippen molar-refractivity contribution in [3.63, 3.8) is 0 Å². The van der Waals surface area contributed by atoms with E-state index in [4.69, 9.17) is 0 Å². The second-order valence-corrected chi connectivity index (χ2v) is 4.79. The summed E-state index contributed by atoms with van der Waals surface area (Å²) in [6.07, 6.45) is 10.3. The highest BCUT2D eigenvalue weighted by molar-refractivity contribution is 5.85. The lowest BCUT2D eigenvalue weighted by Gasteiger charge is -2.44. The van der Waals surface area contributed by atoms with Crippen LogP contribution in [0.4, 0.5) is 0 Å². The first-order valence-electron chi connectivity index (χ1n) is 6.16. The third kappa shape index (κ3) is 2.64. The number of piperidine rings is 1. The molecule has 1 heterocycles. The van der Waals surface area contributed by atoms with Crippen molar-refractivity contribution >= 4 is 12.4 Å². The highest BCUT2D eigenvalue weighted by Crippen LogP contribution is 2.35. The quantitative estimate of drug-likeness (QED) is 0.685. The molecule has 0 aromatic heterocycles. The van der Waals surface area contributed by atoms with Crippen LogP contribution in [0.5, 0.6) is 0 Å². The van der Waals surface area contributed by atoms with Crippen molar-refractivity contribution in [1.82, 2.24) is 4.90 Å². The summed E-state index contributed by atoms with van der Waals surface area (Å²) >= 11 is 0. The largest absolute Gasteiger partial charge is 0.300 e. The molecule has 0 N–H and O–H groups in total. The Bertz CT molecular complexity index is 156. The fraction of sp³-hybridized carbons (Fsp3) is 1.00. The van der Waals surface area contributed by atoms with Crippen LogP contribution in [-0.2, 0) is 0 Å². The average molecular weight is 218 g/mol. The van der Waals surface area contributed by atoms with E-state index < -0.39 is 0 Å². The van der Waals surface area contributed by atoms with Gasteiger partial charge in [0.25, 0.3) is 0 Å². The molecule has 84 valence electrons. The predicted molar refractivity (Wildman–Crippen MR) is 64.1 cm³/mol. The molecule has 0 bridgehead atoms. The molecule has 1 saturated carbocycles. The van der Waals surface area contributed by atoms with Crippen LogP contribution in [0.1, 0.15) is 51.9 Å². The predicted octanol–water partition coefficient (Wildman–Crippen LogP) is 3.47. The van der Waals surface area contributed by atoms with E-state index in [1.807, 2.05) is 0 Å². The van der Waals surface area contributed by atoms with Crippen molar-refractivity contribution in [3.05, 3.63) is 0 Å². The van der Waals surface area contributed by atoms with Crippen LogP contribution >= 0.6 is 12.4 Å². The smallest absolute Gasteiger partial charge is 0.0123 e. The van der Waals surface area contributed by atoms with Crippen LogP contribution in [-0.4, -0.2) is 24.0 Å². The maximum atomic E-state index is 2.77. The normalized spacial score (nSPS) is 33.2. The van der Waals surface area contributed by atoms with Gasteiger partial charge in [0.15, 0.2) is 0 Å². The summed E-state index contributed by atoms with van der Waals surface area (Å²) < 4.78 is 0. The van der Waals surface area contributed by atoms with Gasteiger partial charge >= 0.3 is 0 Å². The molecule has 1 saturated heterocycles. The van der Waals surface area contributed by atoms with E-state index in [0.717, 1.165) is 12.0 Å². The molecule has 14 heavy (non-hydrogen) atoms. The summed E-state index contributed by atoms with van der Waals surface area (Å²) in [4.78, 5) is 2.77. The van der Waals surface area contributed by atoms with Gasteiger partial charge in [-0.15, -0.1) is 12.4 Å². The van der Waals surface area contributed by atoms with Crippen molar-refractivity contribution in [2.24, 2.45) is 5.92 Å². The van der Waals surface area contributed by atoms with Crippen LogP contribution in [0, 0.1) is 5.92 Å². The van der Waals surface area contributed by atoms with Gasteiger partial charge < -0.3 is 4.90 Å². The highest BCUT2D eigenvalue weighted by atomic mass is 35.5. The molecular weight excluding hydrogens is 194 g/mol. The summed E-state index contributed by atoms with van der Waals surface area (Å²) in [6.45, 7) is 5.04. The van der Waals surface area contributed by atoms with Gasteiger partial charge in [-0.1, -0.05) is 19.8 Å². The molecule has 0 unspecified atom stereocenters. The fourth-order valence-electron chi connectivity index (χ4n) is 3.29. The van der Waals surface area contributed by atoms with Gasteiger partial charge in [-0.3, -0.25) is 0 Å². The van der Waals surface area contributed by atoms with Crippen molar-refractivity contribution in [2.45, 2.75) is 57.9 Å². The van der Waals surface area contributed by atoms with E-state index in [0.29, 0.717) is 0 Å². The second kappa shape index (κ2) is 5.97. The molecule has 1 nitrogen and oxygen atoms in total. The molecule has 1 aliphatic carbocycles. The number of nitrogens with zero attached hydrogens (tertiary/aromatic N) is 1. The molecule has 2 heteroatoms. The van der Waals surface area contributed by atoms with E-state index >= 15 is 0 Å². The van der Waals surface area contributed by atoms with Crippen LogP contribution in [0.25, 0.3) is 0 Å². The van der Waals surface area contributed by atoms with Crippen molar-refractivity contribution < 1.29 is 0 Å². The van der Waals surface area contributed by atoms with E-state index in [9.17, 15) is 0 Å². The maximum Gasteiger partial charge on any atom is 0.0123 e. The summed E-state index contributed by atoms with van der Waals surface area (Å²) in [5.41, 5.74) is 0. The van der Waals surface area contributed by atoms with E-state index in [1.165, 1.54) is 58.0 Å². The van der Waals surface area contributed by atoms with Crippen molar-refractivity contribution in [1.29, 1.82) is 0 Å². The third-order valence-electron chi connectivity index (χ3n) is 3.87. The molecule has 0 aromatic carbocycles. The van der Waals surface area contributed by atoms with Crippen LogP contribution < -0.4 is 0 Å². The molecule has 1 aliphatic heterocycles. The summed E-state index contributed by atoms with van der Waals surface area (Å²) in [5, 5.41) is 0. The minimum Gasteiger partial charge on any atom is -0.300 e. The summed E-state index contributed by atoms with van der Waals surface area (Å²) in [5.74, 6) is 1.06. The molecular formula is C12H24ClN. The van der Waals surface area contributed by atoms with Crippen molar-refractivity contribution in [3.8, 4) is 0 Å². The molecule has 0 spiro atoms. The van der Waals surface area contributed by atoms with E-state index in [1.54, 1.807) is 0 Å². The van der Waals surface area contributed by atoms with Gasteiger partial charge in [-0.25, -0.2) is 0 Å². The Morgan fingerprint density at radius 3 is 2.57 bits per heavy atom. The first-order chi connectivity index (χ1) is 6.42. The lowest BCUT2D eigenvalue weighted by molar-refractivity contribution is 0.0612. The second-order valence-electron chi connectivity index (χ2n) is 4.79. The lowest BCUT2D eigenvalue weighted by atomic mass is 9.78. The van der Waals surface area contributed by atoms with E-state index in [2.05, 4.69) is 11.8 Å². The standard InChI is InChI=1S/C12H23N.ClH/c1-2-9-13-10-5-7-11-6-3-4-8-12(11)13;/h11-12H,2-10H2,1H3;1H/t11-,12+;/m0./s1. The number of hydrogen-bond donors (Lipinski definition) is 0. The lowest BCUT2D eigenvalue weighted by Crippen LogP contribution is -2.46. The third-order valence-corrected chi connectivity index (χ3v) is 3.87. The highest BCUT2D eigenvalue weighted by Gasteiger charge is 2.32. The van der Waals surface area contributed by atoms with Crippen LogP contribution in [0.3, 0.4) is 0 Å². The summed E-state index contributed by atoms with van der Waals surface area (Å²) in [6, 6.07) is 0.974. The molecule has 2 fully saturated rings. The minimum atomic E-state index is 0. The first-order valence-corrected chi connectivity index (χ1v) is 6.16. The zero-order chi connectivity index (χ0) is 9.10. The van der Waals surface area contributed by atoms with Gasteiger partial charge in [-0.05, 0) is 51.1 Å². The Hall–Kier alpha value is 0.250. The van der Waals surface area contributed by atoms with Crippen LogP contribution in [0.15, 0.2) is 0 Å². The zero-order valence-corrected chi connectivity index (χ0v) is 10.2. The average Bonchev–Trinajstić information content (AvgIpc) is 2.19. The topological polar surface area (TPSA) is 3.24 Å². The molecule has 2 rings (SSSR count). The number of likely N-dealkylation sites (tertiary alicyclic amines) is 1. The Labute approximate surface area is 94.7 Å². The number of halogens is 1. The Morgan fingerprint density at radius 1 is 1.07 bits per heavy atom. The summed E-state index contributed by atoms with van der Waals surface area (Å²) in [7, 11) is 0. The Kier molecular flexibility index (Phi) is 5.25. The van der Waals surface area contributed by atoms with Crippen LogP contribution in [0.2, 0.25) is 0 Å². The molecule has 2 aliphatic rings. The van der Waals surface area contributed by atoms with Gasteiger partial charge in [0.2, 0.25) is 0 Å². The fourth-order valence-corrected chi connectivity index (χ4v) is 3.29. The SMILES string of the molecule is CCCN1CCC[C@@H]2CCCC[C@H]21.Cl. The van der Waals surface area contributed by atoms with Gasteiger partial charge in [0.05, 0.1) is 0 Å². The van der Waals surface area contributed by atoms with Gasteiger partial charge in [0, 0.05) is 6.04 Å². The van der Waals surface area contributed by atoms with Gasteiger partial charge in [0.1, 0.15) is 0 Å². The molecule has 0 aromatic rings. The number of fused-ring (bicyclic) bond motifs is 1.